The Morgan fingerprint density at radius 2 is 1.73 bits per heavy atom. The molecule has 45 heavy (non-hydrogen) atoms. The molecule has 16 heteroatoms. The summed E-state index contributed by atoms with van der Waals surface area (Å²) in [7, 11) is -7.61. The molecule has 1 aliphatic rings. The monoisotopic (exact) mass is 662 g/mol. The van der Waals surface area contributed by atoms with Crippen molar-refractivity contribution in [3.8, 4) is 28.7 Å². The number of hydrogen-bond acceptors (Lipinski definition) is 11. The molecule has 0 saturated heterocycles. The molecular weight excluding hydrogens is 634 g/mol. The van der Waals surface area contributed by atoms with Gasteiger partial charge in [-0.15, -0.1) is 10.2 Å². The van der Waals surface area contributed by atoms with Crippen LogP contribution in [0.1, 0.15) is 25.3 Å². The van der Waals surface area contributed by atoms with E-state index in [1.807, 2.05) is 0 Å². The lowest BCUT2D eigenvalue weighted by atomic mass is 10.1. The molecule has 1 amide bonds. The Labute approximate surface area is 257 Å². The summed E-state index contributed by atoms with van der Waals surface area (Å²) >= 11 is 0. The number of carbonyl (C=O) groups excluding carboxylic acids is 1. The smallest absolute Gasteiger partial charge is 0.387 e. The minimum absolute atomic E-state index is 0.0312. The number of amides is 1. The molecule has 12 nitrogen and oxygen atoms in total. The van der Waals surface area contributed by atoms with Gasteiger partial charge in [-0.1, -0.05) is 18.2 Å². The second-order valence-corrected chi connectivity index (χ2v) is 15.4. The summed E-state index contributed by atoms with van der Waals surface area (Å²) < 4.78 is 90.4. The van der Waals surface area contributed by atoms with Crippen LogP contribution in [-0.4, -0.2) is 57.6 Å². The van der Waals surface area contributed by atoms with Crippen LogP contribution >= 0.6 is 0 Å². The minimum Gasteiger partial charge on any atom is -0.457 e. The number of nitrogens with zero attached hydrogens (tertiary/aromatic N) is 3. The van der Waals surface area contributed by atoms with Gasteiger partial charge in [0.1, 0.15) is 22.0 Å². The van der Waals surface area contributed by atoms with E-state index >= 15 is 0 Å². The van der Waals surface area contributed by atoms with E-state index in [-0.39, 0.29) is 46.0 Å². The summed E-state index contributed by atoms with van der Waals surface area (Å²) in [6.07, 6.45) is 1.04. The van der Waals surface area contributed by atoms with Crippen molar-refractivity contribution < 1.29 is 44.3 Å². The van der Waals surface area contributed by atoms with Crippen molar-refractivity contribution in [2.45, 2.75) is 42.7 Å². The fourth-order valence-electron chi connectivity index (χ4n) is 4.44. The maximum Gasteiger partial charge on any atom is 0.387 e. The summed E-state index contributed by atoms with van der Waals surface area (Å²) in [6, 6.07) is 15.0. The second-order valence-electron chi connectivity index (χ2n) is 10.8. The number of nitrogens with two attached hydrogens (primary N) is 1. The Balaban J connectivity index is 1.46. The number of halogens is 2. The fourth-order valence-corrected chi connectivity index (χ4v) is 6.40. The zero-order chi connectivity index (χ0) is 32.7. The Bertz CT molecular complexity index is 1960. The van der Waals surface area contributed by atoms with Crippen molar-refractivity contribution in [1.29, 1.82) is 0 Å². The number of carbonyl (C=O) groups is 1. The number of sulfone groups is 2. The third-order valence-electron chi connectivity index (χ3n) is 7.21. The Morgan fingerprint density at radius 1 is 1.04 bits per heavy atom. The van der Waals surface area contributed by atoms with Crippen LogP contribution in [-0.2, 0) is 35.8 Å². The molecule has 0 saturated carbocycles. The third-order valence-corrected chi connectivity index (χ3v) is 11.1. The van der Waals surface area contributed by atoms with Gasteiger partial charge in [0.25, 0.3) is 0 Å². The summed E-state index contributed by atoms with van der Waals surface area (Å²) in [5.41, 5.74) is 6.90. The predicted molar refractivity (Wildman–Crippen MR) is 158 cm³/mol. The first-order valence-corrected chi connectivity index (χ1v) is 16.9. The number of ether oxygens (including phenoxy) is 2. The van der Waals surface area contributed by atoms with Crippen molar-refractivity contribution in [2.75, 3.05) is 16.9 Å². The average molecular weight is 663 g/mol. The van der Waals surface area contributed by atoms with Gasteiger partial charge in [-0.25, -0.2) is 16.8 Å². The van der Waals surface area contributed by atoms with Gasteiger partial charge in [0, 0.05) is 17.9 Å². The Morgan fingerprint density at radius 3 is 2.40 bits per heavy atom. The average Bonchev–Trinajstić information content (AvgIpc) is 3.44. The van der Waals surface area contributed by atoms with Crippen LogP contribution in [0, 0.1) is 0 Å². The number of rotatable bonds is 9. The lowest BCUT2D eigenvalue weighted by molar-refractivity contribution is -0.119. The number of anilines is 1. The van der Waals surface area contributed by atoms with E-state index in [0.717, 1.165) is 6.26 Å². The molecule has 238 valence electrons. The van der Waals surface area contributed by atoms with Crippen LogP contribution in [0.4, 0.5) is 14.5 Å². The van der Waals surface area contributed by atoms with Gasteiger partial charge in [-0.3, -0.25) is 4.79 Å². The number of alkyl halides is 2. The van der Waals surface area contributed by atoms with Crippen molar-refractivity contribution in [3.05, 3.63) is 78.2 Å². The van der Waals surface area contributed by atoms with Crippen LogP contribution in [0.15, 0.2) is 76.0 Å². The quantitative estimate of drug-likeness (QED) is 0.274. The molecule has 0 unspecified atom stereocenters. The van der Waals surface area contributed by atoms with Crippen LogP contribution in [0.25, 0.3) is 11.5 Å². The number of aromatic nitrogens is 2. The molecule has 0 spiro atoms. The van der Waals surface area contributed by atoms with E-state index < -0.39 is 48.7 Å². The van der Waals surface area contributed by atoms with E-state index in [9.17, 15) is 30.4 Å². The highest BCUT2D eigenvalue weighted by Gasteiger charge is 2.39. The van der Waals surface area contributed by atoms with Gasteiger partial charge >= 0.3 is 6.61 Å². The van der Waals surface area contributed by atoms with Crippen LogP contribution < -0.4 is 20.1 Å². The molecule has 3 aromatic carbocycles. The van der Waals surface area contributed by atoms with E-state index in [2.05, 4.69) is 14.9 Å². The molecule has 1 aromatic heterocycles. The van der Waals surface area contributed by atoms with E-state index in [4.69, 9.17) is 14.9 Å². The maximum absolute atomic E-state index is 13.4. The normalized spacial score (nSPS) is 16.7. The van der Waals surface area contributed by atoms with Crippen LogP contribution in [0.3, 0.4) is 0 Å². The standard InChI is InChI=1S/C29H28F2N4O8S2/c1-29(2,44(3,37)38)27-34-33-25(43-27)18-9-12-24-23(13-18)35(26(36)22(32)16-45(24,39)40)15-17-7-10-19(11-8-17)41-20-5-4-6-21(14-20)42-28(30)31/h4-14,22,28H,15-16,32H2,1-3H3/t22-/m0/s1. The Kier molecular flexibility index (Phi) is 8.41. The lowest BCUT2D eigenvalue weighted by Gasteiger charge is -2.24. The predicted octanol–water partition coefficient (Wildman–Crippen LogP) is 4.06. The Hall–Kier alpha value is -4.41. The summed E-state index contributed by atoms with van der Waals surface area (Å²) in [6.45, 7) is -0.227. The molecule has 2 N–H and O–H groups in total. The molecule has 0 bridgehead atoms. The van der Waals surface area contributed by atoms with E-state index in [1.54, 1.807) is 30.3 Å². The van der Waals surface area contributed by atoms with Gasteiger partial charge in [0.2, 0.25) is 17.7 Å². The van der Waals surface area contributed by atoms with Crippen LogP contribution in [0.2, 0.25) is 0 Å². The van der Waals surface area contributed by atoms with Gasteiger partial charge < -0.3 is 24.5 Å². The number of hydrogen-bond donors (Lipinski definition) is 1. The summed E-state index contributed by atoms with van der Waals surface area (Å²) in [5, 5.41) is 7.86. The molecule has 1 aliphatic heterocycles. The number of benzene rings is 3. The molecule has 2 heterocycles. The van der Waals surface area contributed by atoms with Gasteiger partial charge in [-0.05, 0) is 61.9 Å². The highest BCUT2D eigenvalue weighted by Crippen LogP contribution is 2.37. The van der Waals surface area contributed by atoms with Gasteiger partial charge in [-0.2, -0.15) is 8.78 Å². The first-order valence-electron chi connectivity index (χ1n) is 13.3. The van der Waals surface area contributed by atoms with Crippen molar-refractivity contribution in [3.63, 3.8) is 0 Å². The third kappa shape index (κ3) is 6.67. The van der Waals surface area contributed by atoms with Gasteiger partial charge in [0.15, 0.2) is 19.7 Å². The largest absolute Gasteiger partial charge is 0.457 e. The van der Waals surface area contributed by atoms with Crippen molar-refractivity contribution in [1.82, 2.24) is 10.2 Å². The molecule has 0 fully saturated rings. The first-order chi connectivity index (χ1) is 21.0. The molecule has 0 radical (unpaired) electrons. The lowest BCUT2D eigenvalue weighted by Crippen LogP contribution is -2.45. The van der Waals surface area contributed by atoms with Gasteiger partial charge in [0.05, 0.1) is 28.9 Å². The second kappa shape index (κ2) is 11.8. The van der Waals surface area contributed by atoms with E-state index in [1.165, 1.54) is 55.1 Å². The SMILES string of the molecule is CC(C)(c1nnc(-c2ccc3c(c2)N(Cc2ccc(Oc4cccc(OC(F)F)c4)cc2)C(=O)[C@@H](N)CS3(=O)=O)o1)S(C)(=O)=O. The fraction of sp³-hybridized carbons (Fsp3) is 0.276. The zero-order valence-electron chi connectivity index (χ0n) is 24.2. The van der Waals surface area contributed by atoms with Crippen molar-refractivity contribution >= 4 is 31.3 Å². The van der Waals surface area contributed by atoms with Crippen LogP contribution in [0.5, 0.6) is 17.2 Å². The molecule has 0 aliphatic carbocycles. The van der Waals surface area contributed by atoms with E-state index in [0.29, 0.717) is 11.3 Å². The molecule has 5 rings (SSSR count). The molecule has 1 atom stereocenters. The topological polar surface area (TPSA) is 172 Å². The molecule has 4 aromatic rings. The highest BCUT2D eigenvalue weighted by atomic mass is 32.2. The van der Waals surface area contributed by atoms with Crippen molar-refractivity contribution in [2.24, 2.45) is 5.73 Å². The molecular formula is C29H28F2N4O8S2. The summed E-state index contributed by atoms with van der Waals surface area (Å²) in [5.74, 6) is -0.940. The minimum atomic E-state index is -3.99. The summed E-state index contributed by atoms with van der Waals surface area (Å²) in [4.78, 5) is 14.6. The maximum atomic E-state index is 13.4. The first kappa shape index (κ1) is 32.0. The highest BCUT2D eigenvalue weighted by molar-refractivity contribution is 7.92. The zero-order valence-corrected chi connectivity index (χ0v) is 25.8. The number of fused-ring (bicyclic) bond motifs is 1.